The van der Waals surface area contributed by atoms with Crippen molar-refractivity contribution in [3.8, 4) is 0 Å². The first-order valence-corrected chi connectivity index (χ1v) is 8.61. The number of pyridine rings is 1. The third-order valence-electron chi connectivity index (χ3n) is 4.94. The monoisotopic (exact) mass is 330 g/mol. The molecule has 3 unspecified atom stereocenters. The van der Waals surface area contributed by atoms with Gasteiger partial charge in [0.2, 0.25) is 0 Å². The Hall–Kier alpha value is -2.08. The molecule has 1 amide bonds. The summed E-state index contributed by atoms with van der Waals surface area (Å²) >= 11 is 0. The second-order valence-electron chi connectivity index (χ2n) is 6.63. The summed E-state index contributed by atoms with van der Waals surface area (Å²) in [4.78, 5) is 18.2. The average molecular weight is 330 g/mol. The van der Waals surface area contributed by atoms with Crippen LogP contribution in [0.5, 0.6) is 0 Å². The smallest absolute Gasteiger partial charge is 0.409 e. The van der Waals surface area contributed by atoms with Gasteiger partial charge in [0.1, 0.15) is 5.65 Å². The zero-order valence-corrected chi connectivity index (χ0v) is 14.6. The number of aromatic nitrogens is 2. The highest BCUT2D eigenvalue weighted by Gasteiger charge is 2.28. The van der Waals surface area contributed by atoms with Crippen LogP contribution in [0.3, 0.4) is 0 Å². The molecular formula is C18H26N4O2. The van der Waals surface area contributed by atoms with E-state index in [2.05, 4.69) is 30.3 Å². The minimum Gasteiger partial charge on any atom is -0.453 e. The first kappa shape index (κ1) is 16.8. The number of nitrogens with zero attached hydrogens (tertiary/aromatic N) is 3. The fourth-order valence-corrected chi connectivity index (χ4v) is 3.49. The van der Waals surface area contributed by atoms with Crippen LogP contribution in [0, 0.1) is 5.92 Å². The fourth-order valence-electron chi connectivity index (χ4n) is 3.49. The summed E-state index contributed by atoms with van der Waals surface area (Å²) in [6.45, 7) is 5.87. The minimum atomic E-state index is -0.222. The lowest BCUT2D eigenvalue weighted by Crippen LogP contribution is -2.47. The van der Waals surface area contributed by atoms with Crippen molar-refractivity contribution in [3.05, 3.63) is 36.3 Å². The van der Waals surface area contributed by atoms with Gasteiger partial charge in [0.25, 0.3) is 0 Å². The standard InChI is InChI=1S/C18H26N4O2/c1-13(15-7-6-10-22(11-15)18(23)24-3)19-14(2)16-12-21-9-5-4-8-17(21)20-16/h4-5,8-9,12-15,19H,6-7,10-11H2,1-3H3. The number of ether oxygens (including phenoxy) is 1. The van der Waals surface area contributed by atoms with Crippen molar-refractivity contribution in [2.75, 3.05) is 20.2 Å². The van der Waals surface area contributed by atoms with Gasteiger partial charge >= 0.3 is 6.09 Å². The maximum absolute atomic E-state index is 11.7. The first-order chi connectivity index (χ1) is 11.6. The van der Waals surface area contributed by atoms with E-state index in [4.69, 9.17) is 4.74 Å². The van der Waals surface area contributed by atoms with Crippen LogP contribution in [0.4, 0.5) is 4.79 Å². The van der Waals surface area contributed by atoms with Crippen LogP contribution in [0.1, 0.15) is 38.4 Å². The number of fused-ring (bicyclic) bond motifs is 1. The molecule has 2 aromatic heterocycles. The highest BCUT2D eigenvalue weighted by atomic mass is 16.5. The molecule has 2 aromatic rings. The summed E-state index contributed by atoms with van der Waals surface area (Å²) in [6.07, 6.45) is 6.01. The van der Waals surface area contributed by atoms with E-state index in [1.54, 1.807) is 0 Å². The number of piperidine rings is 1. The molecule has 1 saturated heterocycles. The Morgan fingerprint density at radius 3 is 3.00 bits per heavy atom. The van der Waals surface area contributed by atoms with E-state index >= 15 is 0 Å². The van der Waals surface area contributed by atoms with Gasteiger partial charge in [-0.3, -0.25) is 0 Å². The number of carbonyl (C=O) groups is 1. The molecule has 0 saturated carbocycles. The molecule has 3 rings (SSSR count). The van der Waals surface area contributed by atoms with E-state index in [1.807, 2.05) is 33.7 Å². The van der Waals surface area contributed by atoms with Gasteiger partial charge in [-0.1, -0.05) is 6.07 Å². The number of carbonyl (C=O) groups excluding carboxylic acids is 1. The number of rotatable bonds is 4. The van der Waals surface area contributed by atoms with Gasteiger partial charge in [-0.05, 0) is 44.7 Å². The molecule has 130 valence electrons. The molecule has 0 bridgehead atoms. The Labute approximate surface area is 142 Å². The number of nitrogens with one attached hydrogen (secondary N) is 1. The maximum atomic E-state index is 11.7. The Morgan fingerprint density at radius 2 is 2.25 bits per heavy atom. The predicted molar refractivity (Wildman–Crippen MR) is 92.9 cm³/mol. The van der Waals surface area contributed by atoms with Crippen LogP contribution < -0.4 is 5.32 Å². The molecule has 0 aliphatic carbocycles. The van der Waals surface area contributed by atoms with Crippen LogP contribution in [0.2, 0.25) is 0 Å². The quantitative estimate of drug-likeness (QED) is 0.936. The Morgan fingerprint density at radius 1 is 1.42 bits per heavy atom. The van der Waals surface area contributed by atoms with E-state index in [-0.39, 0.29) is 12.1 Å². The van der Waals surface area contributed by atoms with E-state index in [1.165, 1.54) is 7.11 Å². The van der Waals surface area contributed by atoms with Crippen molar-refractivity contribution in [2.24, 2.45) is 5.92 Å². The van der Waals surface area contributed by atoms with Crippen molar-refractivity contribution >= 4 is 11.7 Å². The topological polar surface area (TPSA) is 58.9 Å². The molecule has 3 atom stereocenters. The summed E-state index contributed by atoms with van der Waals surface area (Å²) in [5.74, 6) is 0.428. The Bertz CT molecular complexity index is 666. The molecule has 6 nitrogen and oxygen atoms in total. The summed E-state index contributed by atoms with van der Waals surface area (Å²) in [6, 6.07) is 6.47. The highest BCUT2D eigenvalue weighted by molar-refractivity contribution is 5.67. The van der Waals surface area contributed by atoms with Crippen molar-refractivity contribution in [1.29, 1.82) is 0 Å². The van der Waals surface area contributed by atoms with Gasteiger partial charge in [0.05, 0.1) is 12.8 Å². The Balaban J connectivity index is 1.63. The molecule has 1 aliphatic heterocycles. The van der Waals surface area contributed by atoms with E-state index in [9.17, 15) is 4.79 Å². The molecule has 0 spiro atoms. The van der Waals surface area contributed by atoms with Crippen LogP contribution >= 0.6 is 0 Å². The normalized spacial score (nSPS) is 20.8. The third kappa shape index (κ3) is 3.53. The number of imidazole rings is 1. The second kappa shape index (κ2) is 7.21. The van der Waals surface area contributed by atoms with E-state index < -0.39 is 0 Å². The molecule has 6 heteroatoms. The minimum absolute atomic E-state index is 0.161. The van der Waals surface area contributed by atoms with Gasteiger partial charge in [0.15, 0.2) is 0 Å². The van der Waals surface area contributed by atoms with Crippen LogP contribution in [0.15, 0.2) is 30.6 Å². The number of hydrogen-bond donors (Lipinski definition) is 1. The Kier molecular flexibility index (Phi) is 5.04. The molecule has 0 radical (unpaired) electrons. The number of likely N-dealkylation sites (tertiary alicyclic amines) is 1. The van der Waals surface area contributed by atoms with E-state index in [0.717, 1.165) is 37.3 Å². The largest absolute Gasteiger partial charge is 0.453 e. The molecular weight excluding hydrogens is 304 g/mol. The summed E-state index contributed by atoms with van der Waals surface area (Å²) in [5, 5.41) is 3.65. The molecule has 1 N–H and O–H groups in total. The highest BCUT2D eigenvalue weighted by Crippen LogP contribution is 2.22. The lowest BCUT2D eigenvalue weighted by Gasteiger charge is -2.36. The predicted octanol–water partition coefficient (Wildman–Crippen LogP) is 2.85. The van der Waals surface area contributed by atoms with Gasteiger partial charge in [-0.25, -0.2) is 9.78 Å². The van der Waals surface area contributed by atoms with Crippen LogP contribution in [0.25, 0.3) is 5.65 Å². The summed E-state index contributed by atoms with van der Waals surface area (Å²) in [5.41, 5.74) is 2.00. The zero-order chi connectivity index (χ0) is 17.1. The fraction of sp³-hybridized carbons (Fsp3) is 0.556. The zero-order valence-electron chi connectivity index (χ0n) is 14.6. The number of methoxy groups -OCH3 is 1. The third-order valence-corrected chi connectivity index (χ3v) is 4.94. The van der Waals surface area contributed by atoms with Crippen molar-refractivity contribution in [1.82, 2.24) is 19.6 Å². The van der Waals surface area contributed by atoms with Crippen molar-refractivity contribution in [3.63, 3.8) is 0 Å². The molecule has 0 aromatic carbocycles. The second-order valence-corrected chi connectivity index (χ2v) is 6.63. The van der Waals surface area contributed by atoms with Gasteiger partial charge in [-0.2, -0.15) is 0 Å². The average Bonchev–Trinajstić information content (AvgIpc) is 3.05. The summed E-state index contributed by atoms with van der Waals surface area (Å²) < 4.78 is 6.90. The number of hydrogen-bond acceptors (Lipinski definition) is 4. The van der Waals surface area contributed by atoms with Crippen LogP contribution in [-0.4, -0.2) is 46.6 Å². The molecule has 1 fully saturated rings. The lowest BCUT2D eigenvalue weighted by atomic mass is 9.91. The van der Waals surface area contributed by atoms with E-state index in [0.29, 0.717) is 12.0 Å². The number of amides is 1. The maximum Gasteiger partial charge on any atom is 0.409 e. The molecule has 1 aliphatic rings. The molecule has 24 heavy (non-hydrogen) atoms. The molecule has 3 heterocycles. The van der Waals surface area contributed by atoms with Crippen molar-refractivity contribution in [2.45, 2.75) is 38.8 Å². The lowest BCUT2D eigenvalue weighted by molar-refractivity contribution is 0.0948. The first-order valence-electron chi connectivity index (χ1n) is 8.61. The summed E-state index contributed by atoms with van der Waals surface area (Å²) in [7, 11) is 1.44. The van der Waals surface area contributed by atoms with Crippen molar-refractivity contribution < 1.29 is 9.53 Å². The van der Waals surface area contributed by atoms with Gasteiger partial charge in [-0.15, -0.1) is 0 Å². The van der Waals surface area contributed by atoms with Gasteiger partial charge in [0, 0.05) is 37.6 Å². The van der Waals surface area contributed by atoms with Crippen LogP contribution in [-0.2, 0) is 4.74 Å². The SMILES string of the molecule is COC(=O)N1CCCC(C(C)NC(C)c2cn3ccccc3n2)C1. The van der Waals surface area contributed by atoms with Gasteiger partial charge < -0.3 is 19.4 Å².